The summed E-state index contributed by atoms with van der Waals surface area (Å²) in [5.41, 5.74) is 2.83. The van der Waals surface area contributed by atoms with Crippen molar-refractivity contribution in [3.8, 4) is 0 Å². The SMILES string of the molecule is Cc1cnccc1CN=C1NC2(CCC(C)CC2)CS1. The number of aliphatic imine (C=N–C) groups is 1. The number of amidine groups is 1. The lowest BCUT2D eigenvalue weighted by Crippen LogP contribution is -2.46. The average Bonchev–Trinajstić information content (AvgIpc) is 2.85. The quantitative estimate of drug-likeness (QED) is 0.905. The third kappa shape index (κ3) is 3.00. The summed E-state index contributed by atoms with van der Waals surface area (Å²) in [7, 11) is 0. The van der Waals surface area contributed by atoms with Gasteiger partial charge in [0.1, 0.15) is 0 Å². The fourth-order valence-corrected chi connectivity index (χ4v) is 4.23. The molecule has 1 N–H and O–H groups in total. The topological polar surface area (TPSA) is 37.3 Å². The molecule has 20 heavy (non-hydrogen) atoms. The van der Waals surface area contributed by atoms with Gasteiger partial charge in [0, 0.05) is 23.7 Å². The number of aromatic nitrogens is 1. The lowest BCUT2D eigenvalue weighted by molar-refractivity contribution is 0.251. The molecule has 2 aliphatic rings. The highest BCUT2D eigenvalue weighted by molar-refractivity contribution is 8.14. The lowest BCUT2D eigenvalue weighted by Gasteiger charge is -2.35. The molecular weight excluding hydrogens is 266 g/mol. The minimum Gasteiger partial charge on any atom is -0.359 e. The van der Waals surface area contributed by atoms with Gasteiger partial charge in [0.05, 0.1) is 6.54 Å². The summed E-state index contributed by atoms with van der Waals surface area (Å²) >= 11 is 1.90. The molecule has 0 amide bonds. The first-order valence-corrected chi connectivity index (χ1v) is 8.50. The maximum Gasteiger partial charge on any atom is 0.157 e. The van der Waals surface area contributed by atoms with Crippen LogP contribution in [0.25, 0.3) is 0 Å². The summed E-state index contributed by atoms with van der Waals surface area (Å²) < 4.78 is 0. The van der Waals surface area contributed by atoms with Crippen molar-refractivity contribution in [1.82, 2.24) is 10.3 Å². The standard InChI is InChI=1S/C16H23N3S/c1-12-3-6-16(7-4-12)11-20-15(19-16)18-10-14-5-8-17-9-13(14)2/h5,8-9,12H,3-4,6-7,10-11H2,1-2H3,(H,18,19). The Kier molecular flexibility index (Phi) is 4.01. The van der Waals surface area contributed by atoms with Crippen molar-refractivity contribution < 1.29 is 0 Å². The van der Waals surface area contributed by atoms with E-state index in [1.54, 1.807) is 0 Å². The number of nitrogens with one attached hydrogen (secondary N) is 1. The summed E-state index contributed by atoms with van der Waals surface area (Å²) in [4.78, 5) is 8.89. The smallest absolute Gasteiger partial charge is 0.157 e. The summed E-state index contributed by atoms with van der Waals surface area (Å²) in [6, 6.07) is 2.07. The van der Waals surface area contributed by atoms with Crippen LogP contribution >= 0.6 is 11.8 Å². The minimum atomic E-state index is 0.337. The summed E-state index contributed by atoms with van der Waals surface area (Å²) in [6.45, 7) is 5.23. The molecule has 3 rings (SSSR count). The van der Waals surface area contributed by atoms with Gasteiger partial charge < -0.3 is 5.32 Å². The average molecular weight is 289 g/mol. The zero-order valence-electron chi connectivity index (χ0n) is 12.4. The molecule has 3 nitrogen and oxygen atoms in total. The van der Waals surface area contributed by atoms with Gasteiger partial charge in [-0.25, -0.2) is 0 Å². The number of hydrogen-bond acceptors (Lipinski definition) is 3. The number of aryl methyl sites for hydroxylation is 1. The fraction of sp³-hybridized carbons (Fsp3) is 0.625. The lowest BCUT2D eigenvalue weighted by atomic mass is 9.78. The van der Waals surface area contributed by atoms with Crippen LogP contribution in [0.1, 0.15) is 43.7 Å². The molecule has 1 aliphatic heterocycles. The van der Waals surface area contributed by atoms with Crippen molar-refractivity contribution in [2.24, 2.45) is 10.9 Å². The molecule has 1 saturated carbocycles. The van der Waals surface area contributed by atoms with Gasteiger partial charge >= 0.3 is 0 Å². The second-order valence-corrected chi connectivity index (χ2v) is 7.26. The highest BCUT2D eigenvalue weighted by Gasteiger charge is 2.39. The molecule has 108 valence electrons. The largest absolute Gasteiger partial charge is 0.359 e. The van der Waals surface area contributed by atoms with Crippen molar-refractivity contribution in [3.63, 3.8) is 0 Å². The molecule has 1 aromatic rings. The van der Waals surface area contributed by atoms with Gasteiger partial charge in [-0.1, -0.05) is 18.7 Å². The van der Waals surface area contributed by atoms with Crippen LogP contribution < -0.4 is 5.32 Å². The van der Waals surface area contributed by atoms with Crippen LogP contribution in [-0.4, -0.2) is 21.4 Å². The van der Waals surface area contributed by atoms with E-state index in [0.29, 0.717) is 5.54 Å². The third-order valence-corrected chi connectivity index (χ3v) is 5.82. The maximum absolute atomic E-state index is 4.76. The third-order valence-electron chi connectivity index (χ3n) is 4.62. The molecule has 0 aromatic carbocycles. The Morgan fingerprint density at radius 1 is 1.45 bits per heavy atom. The van der Waals surface area contributed by atoms with Crippen molar-refractivity contribution in [1.29, 1.82) is 0 Å². The summed E-state index contributed by atoms with van der Waals surface area (Å²) in [5.74, 6) is 2.08. The predicted octanol–water partition coefficient (Wildman–Crippen LogP) is 3.53. The number of hydrogen-bond donors (Lipinski definition) is 1. The van der Waals surface area contributed by atoms with Crippen LogP contribution in [0.15, 0.2) is 23.5 Å². The fourth-order valence-electron chi connectivity index (χ4n) is 3.01. The van der Waals surface area contributed by atoms with Gasteiger partial charge in [-0.15, -0.1) is 0 Å². The number of thioether (sulfide) groups is 1. The van der Waals surface area contributed by atoms with Gasteiger partial charge in [-0.2, -0.15) is 0 Å². The van der Waals surface area contributed by atoms with E-state index >= 15 is 0 Å². The van der Waals surface area contributed by atoms with E-state index in [0.717, 1.165) is 17.6 Å². The molecule has 1 aliphatic carbocycles. The summed E-state index contributed by atoms with van der Waals surface area (Å²) in [5, 5.41) is 4.85. The Balaban J connectivity index is 1.62. The molecular formula is C16H23N3S. The number of nitrogens with zero attached hydrogens (tertiary/aromatic N) is 2. The first kappa shape index (κ1) is 13.9. The van der Waals surface area contributed by atoms with Gasteiger partial charge in [0.2, 0.25) is 0 Å². The van der Waals surface area contributed by atoms with Gasteiger partial charge in [-0.05, 0) is 55.7 Å². The van der Waals surface area contributed by atoms with Gasteiger partial charge in [-0.3, -0.25) is 9.98 Å². The highest BCUT2D eigenvalue weighted by atomic mass is 32.2. The van der Waals surface area contributed by atoms with E-state index in [-0.39, 0.29) is 0 Å². The van der Waals surface area contributed by atoms with Gasteiger partial charge in [0.15, 0.2) is 5.17 Å². The predicted molar refractivity (Wildman–Crippen MR) is 86.1 cm³/mol. The van der Waals surface area contributed by atoms with E-state index in [1.165, 1.54) is 42.6 Å². The van der Waals surface area contributed by atoms with Crippen LogP contribution in [0, 0.1) is 12.8 Å². The number of rotatable bonds is 2. The first-order valence-electron chi connectivity index (χ1n) is 7.52. The van der Waals surface area contributed by atoms with Crippen molar-refractivity contribution in [3.05, 3.63) is 29.6 Å². The molecule has 1 spiro atoms. The molecule has 1 aromatic heterocycles. The molecule has 1 saturated heterocycles. The molecule has 2 heterocycles. The molecule has 0 unspecified atom stereocenters. The number of pyridine rings is 1. The second-order valence-electron chi connectivity index (χ2n) is 6.30. The molecule has 2 fully saturated rings. The first-order chi connectivity index (χ1) is 9.67. The van der Waals surface area contributed by atoms with E-state index in [4.69, 9.17) is 4.99 Å². The highest BCUT2D eigenvalue weighted by Crippen LogP contribution is 2.38. The minimum absolute atomic E-state index is 0.337. The van der Waals surface area contributed by atoms with Crippen LogP contribution in [0.5, 0.6) is 0 Å². The van der Waals surface area contributed by atoms with Crippen molar-refractivity contribution in [2.75, 3.05) is 5.75 Å². The van der Waals surface area contributed by atoms with Crippen LogP contribution in [-0.2, 0) is 6.54 Å². The Labute approximate surface area is 125 Å². The Bertz CT molecular complexity index is 504. The normalized spacial score (nSPS) is 31.7. The van der Waals surface area contributed by atoms with E-state index in [9.17, 15) is 0 Å². The molecule has 0 bridgehead atoms. The Hall–Kier alpha value is -1.03. The maximum atomic E-state index is 4.76. The Morgan fingerprint density at radius 3 is 3.00 bits per heavy atom. The van der Waals surface area contributed by atoms with Gasteiger partial charge in [0.25, 0.3) is 0 Å². The Morgan fingerprint density at radius 2 is 2.25 bits per heavy atom. The zero-order chi connectivity index (χ0) is 14.0. The monoisotopic (exact) mass is 289 g/mol. The van der Waals surface area contributed by atoms with Crippen LogP contribution in [0.3, 0.4) is 0 Å². The summed E-state index contributed by atoms with van der Waals surface area (Å²) in [6.07, 6.45) is 9.06. The van der Waals surface area contributed by atoms with Crippen LogP contribution in [0.2, 0.25) is 0 Å². The van der Waals surface area contributed by atoms with Crippen molar-refractivity contribution >= 4 is 16.9 Å². The van der Waals surface area contributed by atoms with Crippen molar-refractivity contribution in [2.45, 2.75) is 51.6 Å². The molecule has 0 radical (unpaired) electrons. The van der Waals surface area contributed by atoms with Crippen LogP contribution in [0.4, 0.5) is 0 Å². The van der Waals surface area contributed by atoms with E-state index < -0.39 is 0 Å². The molecule has 0 atom stereocenters. The molecule has 4 heteroatoms. The second kappa shape index (κ2) is 5.76. The zero-order valence-corrected chi connectivity index (χ0v) is 13.2. The van der Waals surface area contributed by atoms with E-state index in [1.807, 2.05) is 24.2 Å². The van der Waals surface area contributed by atoms with E-state index in [2.05, 4.69) is 30.2 Å².